The fraction of sp³-hybridized carbons (Fsp3) is 0.878. The molecule has 2 atom stereocenters. The SMILES string of the molecule is CCCCC/C=C\C/C=C\CCCCCCCCCCCC(=O)OC(COC(=O)CCCCCCCCCCCCCCCCCCCCC)COP(=O)(O)OCC. The molecule has 0 aliphatic rings. The zero-order chi connectivity index (χ0) is 42.5. The van der Waals surface area contributed by atoms with Crippen LogP contribution in [-0.4, -0.2) is 42.8 Å². The summed E-state index contributed by atoms with van der Waals surface area (Å²) in [6, 6.07) is 0. The number of phosphoric ester groups is 1. The minimum Gasteiger partial charge on any atom is -0.462 e. The van der Waals surface area contributed by atoms with Crippen molar-refractivity contribution in [2.45, 2.75) is 258 Å². The highest BCUT2D eigenvalue weighted by Crippen LogP contribution is 2.43. The fourth-order valence-electron chi connectivity index (χ4n) is 7.13. The molecule has 0 aliphatic heterocycles. The number of rotatable bonds is 46. The van der Waals surface area contributed by atoms with Gasteiger partial charge in [0.25, 0.3) is 0 Å². The number of carbonyl (C=O) groups is 2. The third-order valence-corrected chi connectivity index (χ3v) is 11.8. The van der Waals surface area contributed by atoms with Crippen LogP contribution in [0.2, 0.25) is 0 Å². The van der Waals surface area contributed by atoms with Crippen molar-refractivity contribution < 1.29 is 37.6 Å². The van der Waals surface area contributed by atoms with Gasteiger partial charge in [0.05, 0.1) is 13.2 Å². The number of hydrogen-bond acceptors (Lipinski definition) is 7. The van der Waals surface area contributed by atoms with E-state index in [0.717, 1.165) is 44.9 Å². The summed E-state index contributed by atoms with van der Waals surface area (Å²) in [5.41, 5.74) is 0. The van der Waals surface area contributed by atoms with Crippen molar-refractivity contribution in [3.63, 3.8) is 0 Å². The number of carbonyl (C=O) groups excluding carboxylic acids is 2. The average Bonchev–Trinajstić information content (AvgIpc) is 3.20. The standard InChI is InChI=1S/C49H93O8P/c1-4-7-9-11-13-15-17-19-21-23-25-27-29-31-33-35-37-39-41-43-48(50)54-45-47(46-56-58(52,53)55-6-3)57-49(51)44-42-40-38-36-34-32-30-28-26-24-22-20-18-16-14-12-10-8-5-2/h14,16,20,22,47H,4-13,15,17-19,21,23-46H2,1-3H3,(H,52,53)/b16-14-,22-20-. The first-order valence-electron chi connectivity index (χ1n) is 24.6. The smallest absolute Gasteiger partial charge is 0.462 e. The minimum atomic E-state index is -4.28. The van der Waals surface area contributed by atoms with Gasteiger partial charge in [0.15, 0.2) is 6.10 Å². The Morgan fingerprint density at radius 1 is 0.466 bits per heavy atom. The molecule has 58 heavy (non-hydrogen) atoms. The second-order valence-corrected chi connectivity index (χ2v) is 17.9. The quantitative estimate of drug-likeness (QED) is 0.0279. The van der Waals surface area contributed by atoms with Crippen molar-refractivity contribution in [3.05, 3.63) is 24.3 Å². The Morgan fingerprint density at radius 2 is 0.828 bits per heavy atom. The molecule has 8 nitrogen and oxygen atoms in total. The third-order valence-electron chi connectivity index (χ3n) is 10.8. The van der Waals surface area contributed by atoms with Crippen LogP contribution in [-0.2, 0) is 32.7 Å². The lowest BCUT2D eigenvalue weighted by molar-refractivity contribution is -0.161. The van der Waals surface area contributed by atoms with Crippen LogP contribution >= 0.6 is 7.82 Å². The third kappa shape index (κ3) is 44.1. The molecule has 0 aliphatic carbocycles. The van der Waals surface area contributed by atoms with Crippen molar-refractivity contribution in [1.29, 1.82) is 0 Å². The normalized spacial score (nSPS) is 13.4. The molecule has 0 fully saturated rings. The largest absolute Gasteiger partial charge is 0.472 e. The van der Waals surface area contributed by atoms with Crippen LogP contribution in [0.15, 0.2) is 24.3 Å². The first kappa shape index (κ1) is 56.5. The number of phosphoric acid groups is 1. The summed E-state index contributed by atoms with van der Waals surface area (Å²) in [5, 5.41) is 0. The van der Waals surface area contributed by atoms with Gasteiger partial charge in [-0.1, -0.05) is 212 Å². The van der Waals surface area contributed by atoms with Gasteiger partial charge in [-0.3, -0.25) is 18.6 Å². The molecular formula is C49H93O8P. The Balaban J connectivity index is 3.98. The molecule has 9 heteroatoms. The van der Waals surface area contributed by atoms with Crippen LogP contribution in [0.25, 0.3) is 0 Å². The van der Waals surface area contributed by atoms with Gasteiger partial charge in [0, 0.05) is 12.8 Å². The molecule has 0 saturated carbocycles. The Labute approximate surface area is 358 Å². The maximum Gasteiger partial charge on any atom is 0.472 e. The van der Waals surface area contributed by atoms with Crippen molar-refractivity contribution in [2.24, 2.45) is 0 Å². The highest BCUT2D eigenvalue weighted by atomic mass is 31.2. The zero-order valence-corrected chi connectivity index (χ0v) is 39.1. The van der Waals surface area contributed by atoms with Gasteiger partial charge < -0.3 is 14.4 Å². The topological polar surface area (TPSA) is 108 Å². The monoisotopic (exact) mass is 841 g/mol. The van der Waals surface area contributed by atoms with Gasteiger partial charge in [-0.15, -0.1) is 0 Å². The van der Waals surface area contributed by atoms with Crippen LogP contribution in [0.3, 0.4) is 0 Å². The van der Waals surface area contributed by atoms with E-state index in [0.29, 0.717) is 12.8 Å². The summed E-state index contributed by atoms with van der Waals surface area (Å²) >= 11 is 0. The summed E-state index contributed by atoms with van der Waals surface area (Å²) in [7, 11) is -4.28. The summed E-state index contributed by atoms with van der Waals surface area (Å²) in [4.78, 5) is 34.9. The van der Waals surface area contributed by atoms with E-state index in [1.807, 2.05) is 0 Å². The molecule has 1 N–H and O–H groups in total. The van der Waals surface area contributed by atoms with Gasteiger partial charge in [-0.25, -0.2) is 4.57 Å². The van der Waals surface area contributed by atoms with E-state index in [9.17, 15) is 19.0 Å². The molecule has 0 aromatic carbocycles. The maximum atomic E-state index is 12.6. The van der Waals surface area contributed by atoms with Crippen molar-refractivity contribution in [3.8, 4) is 0 Å². The lowest BCUT2D eigenvalue weighted by Gasteiger charge is -2.19. The molecule has 0 aromatic rings. The van der Waals surface area contributed by atoms with Gasteiger partial charge in [-0.2, -0.15) is 0 Å². The van der Waals surface area contributed by atoms with Gasteiger partial charge >= 0.3 is 19.8 Å². The van der Waals surface area contributed by atoms with Crippen LogP contribution in [0.4, 0.5) is 0 Å². The van der Waals surface area contributed by atoms with Crippen LogP contribution in [0.5, 0.6) is 0 Å². The van der Waals surface area contributed by atoms with E-state index in [-0.39, 0.29) is 25.6 Å². The minimum absolute atomic E-state index is 0.00181. The molecule has 0 radical (unpaired) electrons. The molecule has 0 spiro atoms. The molecule has 2 unspecified atom stereocenters. The van der Waals surface area contributed by atoms with Crippen molar-refractivity contribution in [2.75, 3.05) is 19.8 Å². The Bertz CT molecular complexity index is 999. The van der Waals surface area contributed by atoms with E-state index >= 15 is 0 Å². The molecule has 0 aromatic heterocycles. The Morgan fingerprint density at radius 3 is 1.26 bits per heavy atom. The average molecular weight is 841 g/mol. The van der Waals surface area contributed by atoms with Crippen molar-refractivity contribution >= 4 is 19.8 Å². The second kappa shape index (κ2) is 45.1. The molecule has 0 amide bonds. The van der Waals surface area contributed by atoms with Gasteiger partial charge in [0.1, 0.15) is 6.61 Å². The highest BCUT2D eigenvalue weighted by Gasteiger charge is 2.25. The fourth-order valence-corrected chi connectivity index (χ4v) is 7.89. The van der Waals surface area contributed by atoms with Crippen molar-refractivity contribution in [1.82, 2.24) is 0 Å². The summed E-state index contributed by atoms with van der Waals surface area (Å²) in [6.45, 7) is 5.50. The maximum absolute atomic E-state index is 12.6. The van der Waals surface area contributed by atoms with E-state index < -0.39 is 26.5 Å². The number of ether oxygens (including phenoxy) is 2. The zero-order valence-electron chi connectivity index (χ0n) is 38.2. The Hall–Kier alpha value is -1.47. The van der Waals surface area contributed by atoms with Crippen LogP contribution < -0.4 is 0 Å². The first-order valence-corrected chi connectivity index (χ1v) is 26.1. The predicted octanol–water partition coefficient (Wildman–Crippen LogP) is 15.8. The summed E-state index contributed by atoms with van der Waals surface area (Å²) in [6.07, 6.45) is 50.9. The summed E-state index contributed by atoms with van der Waals surface area (Å²) in [5.74, 6) is -0.789. The predicted molar refractivity (Wildman–Crippen MR) is 244 cm³/mol. The Kier molecular flexibility index (Phi) is 43.9. The first-order chi connectivity index (χ1) is 28.3. The molecule has 0 heterocycles. The number of allylic oxidation sites excluding steroid dienone is 4. The number of unbranched alkanes of at least 4 members (excludes halogenated alkanes) is 30. The molecule has 342 valence electrons. The molecule has 0 rings (SSSR count). The molecule has 0 bridgehead atoms. The molecule has 0 saturated heterocycles. The molecular weight excluding hydrogens is 748 g/mol. The van der Waals surface area contributed by atoms with Gasteiger partial charge in [0.2, 0.25) is 0 Å². The summed E-state index contributed by atoms with van der Waals surface area (Å²) < 4.78 is 32.8. The number of esters is 2. The van der Waals surface area contributed by atoms with E-state index in [1.54, 1.807) is 6.92 Å². The van der Waals surface area contributed by atoms with Crippen LogP contribution in [0, 0.1) is 0 Å². The number of hydrogen-bond donors (Lipinski definition) is 1. The van der Waals surface area contributed by atoms with Crippen LogP contribution in [0.1, 0.15) is 252 Å². The van der Waals surface area contributed by atoms with E-state index in [4.69, 9.17) is 18.5 Å². The van der Waals surface area contributed by atoms with Gasteiger partial charge in [-0.05, 0) is 51.9 Å². The lowest BCUT2D eigenvalue weighted by atomic mass is 10.0. The highest BCUT2D eigenvalue weighted by molar-refractivity contribution is 7.47. The van der Waals surface area contributed by atoms with E-state index in [2.05, 4.69) is 38.2 Å². The second-order valence-electron chi connectivity index (χ2n) is 16.5. The van der Waals surface area contributed by atoms with E-state index in [1.165, 1.54) is 167 Å². The lowest BCUT2D eigenvalue weighted by Crippen LogP contribution is -2.29.